The standard InChI is InChI=1S/C18H25N3O2/c1-14-4-2-6-17(10-14)23-13-16(22)12-21-9-3-5-15(11-21)18-19-7-8-20-18/h2,4,6-8,10,15-16,22H,3,5,9,11-13H2,1H3,(H,19,20)/t15-,16+/m0/s1. The molecule has 2 atom stereocenters. The van der Waals surface area contributed by atoms with Gasteiger partial charge in [0.2, 0.25) is 0 Å². The van der Waals surface area contributed by atoms with Crippen LogP contribution in [-0.2, 0) is 0 Å². The molecular weight excluding hydrogens is 290 g/mol. The van der Waals surface area contributed by atoms with Crippen molar-refractivity contribution in [1.82, 2.24) is 14.9 Å². The summed E-state index contributed by atoms with van der Waals surface area (Å²) in [5, 5.41) is 10.3. The molecular formula is C18H25N3O2. The molecule has 1 aliphatic rings. The van der Waals surface area contributed by atoms with Crippen LogP contribution in [-0.4, -0.2) is 52.3 Å². The number of ether oxygens (including phenoxy) is 1. The monoisotopic (exact) mass is 315 g/mol. The summed E-state index contributed by atoms with van der Waals surface area (Å²) in [7, 11) is 0. The molecule has 1 aromatic carbocycles. The molecule has 1 saturated heterocycles. The SMILES string of the molecule is Cc1cccc(OC[C@H](O)CN2CCC[C@H](c3ncc[nH]3)C2)c1. The first-order valence-corrected chi connectivity index (χ1v) is 8.30. The van der Waals surface area contributed by atoms with E-state index in [9.17, 15) is 5.11 Å². The van der Waals surface area contributed by atoms with Crippen molar-refractivity contribution < 1.29 is 9.84 Å². The summed E-state index contributed by atoms with van der Waals surface area (Å²) in [6.45, 7) is 4.97. The summed E-state index contributed by atoms with van der Waals surface area (Å²) in [5.74, 6) is 2.31. The molecule has 5 heteroatoms. The van der Waals surface area contributed by atoms with Crippen molar-refractivity contribution in [3.63, 3.8) is 0 Å². The van der Waals surface area contributed by atoms with Crippen molar-refractivity contribution in [2.45, 2.75) is 31.8 Å². The van der Waals surface area contributed by atoms with Gasteiger partial charge in [0, 0.05) is 31.4 Å². The number of aromatic amines is 1. The minimum atomic E-state index is -0.481. The van der Waals surface area contributed by atoms with Crippen LogP contribution in [0.1, 0.15) is 30.1 Å². The molecule has 0 spiro atoms. The van der Waals surface area contributed by atoms with Crippen LogP contribution in [0.4, 0.5) is 0 Å². The second-order valence-electron chi connectivity index (χ2n) is 6.35. The summed E-state index contributed by atoms with van der Waals surface area (Å²) < 4.78 is 5.69. The van der Waals surface area contributed by atoms with Gasteiger partial charge < -0.3 is 14.8 Å². The van der Waals surface area contributed by atoms with E-state index < -0.39 is 6.10 Å². The number of piperidine rings is 1. The van der Waals surface area contributed by atoms with Crippen molar-refractivity contribution in [3.8, 4) is 5.75 Å². The summed E-state index contributed by atoms with van der Waals surface area (Å²) >= 11 is 0. The molecule has 0 aliphatic carbocycles. The Hall–Kier alpha value is -1.85. The van der Waals surface area contributed by atoms with Gasteiger partial charge in [0.25, 0.3) is 0 Å². The maximum Gasteiger partial charge on any atom is 0.119 e. The molecule has 0 unspecified atom stereocenters. The zero-order chi connectivity index (χ0) is 16.1. The molecule has 23 heavy (non-hydrogen) atoms. The van der Waals surface area contributed by atoms with Crippen molar-refractivity contribution in [2.24, 2.45) is 0 Å². The molecule has 124 valence electrons. The van der Waals surface area contributed by atoms with E-state index in [4.69, 9.17) is 4.74 Å². The van der Waals surface area contributed by atoms with Gasteiger partial charge in [0.15, 0.2) is 0 Å². The maximum atomic E-state index is 10.3. The van der Waals surface area contributed by atoms with E-state index in [1.807, 2.05) is 37.4 Å². The number of imidazole rings is 1. The van der Waals surface area contributed by atoms with E-state index in [0.717, 1.165) is 43.1 Å². The smallest absolute Gasteiger partial charge is 0.119 e. The van der Waals surface area contributed by atoms with Crippen LogP contribution >= 0.6 is 0 Å². The molecule has 5 nitrogen and oxygen atoms in total. The fourth-order valence-electron chi connectivity index (χ4n) is 3.19. The van der Waals surface area contributed by atoms with E-state index in [1.54, 1.807) is 6.20 Å². The Morgan fingerprint density at radius 2 is 2.39 bits per heavy atom. The van der Waals surface area contributed by atoms with E-state index in [1.165, 1.54) is 0 Å². The van der Waals surface area contributed by atoms with E-state index in [0.29, 0.717) is 19.1 Å². The summed E-state index contributed by atoms with van der Waals surface area (Å²) in [6, 6.07) is 7.91. The Kier molecular flexibility index (Phi) is 5.31. The Balaban J connectivity index is 1.46. The van der Waals surface area contributed by atoms with Crippen molar-refractivity contribution >= 4 is 0 Å². The Labute approximate surface area is 137 Å². The van der Waals surface area contributed by atoms with Crippen molar-refractivity contribution in [2.75, 3.05) is 26.2 Å². The maximum absolute atomic E-state index is 10.3. The number of aliphatic hydroxyl groups is 1. The molecule has 0 radical (unpaired) electrons. The Morgan fingerprint density at radius 1 is 1.48 bits per heavy atom. The lowest BCUT2D eigenvalue weighted by Gasteiger charge is -2.33. The normalized spacial score (nSPS) is 20.3. The molecule has 2 N–H and O–H groups in total. The van der Waals surface area contributed by atoms with Gasteiger partial charge in [-0.05, 0) is 44.0 Å². The van der Waals surface area contributed by atoms with E-state index in [-0.39, 0.29) is 0 Å². The number of hydrogen-bond donors (Lipinski definition) is 2. The third-order valence-corrected chi connectivity index (χ3v) is 4.31. The van der Waals surface area contributed by atoms with E-state index in [2.05, 4.69) is 14.9 Å². The predicted octanol–water partition coefficient (Wildman–Crippen LogP) is 2.34. The second-order valence-corrected chi connectivity index (χ2v) is 6.35. The van der Waals surface area contributed by atoms with E-state index >= 15 is 0 Å². The zero-order valence-electron chi connectivity index (χ0n) is 13.6. The first-order valence-electron chi connectivity index (χ1n) is 8.30. The number of nitrogens with one attached hydrogen (secondary N) is 1. The van der Waals surface area contributed by atoms with Gasteiger partial charge in [-0.1, -0.05) is 12.1 Å². The topological polar surface area (TPSA) is 61.4 Å². The highest BCUT2D eigenvalue weighted by Crippen LogP contribution is 2.24. The number of hydrogen-bond acceptors (Lipinski definition) is 4. The number of likely N-dealkylation sites (tertiary alicyclic amines) is 1. The minimum Gasteiger partial charge on any atom is -0.491 e. The molecule has 0 saturated carbocycles. The minimum absolute atomic E-state index is 0.325. The summed E-state index contributed by atoms with van der Waals surface area (Å²) in [4.78, 5) is 9.88. The van der Waals surface area contributed by atoms with Crippen molar-refractivity contribution in [1.29, 1.82) is 0 Å². The lowest BCUT2D eigenvalue weighted by Crippen LogP contribution is -2.41. The van der Waals surface area contributed by atoms with Crippen LogP contribution in [0, 0.1) is 6.92 Å². The number of aliphatic hydroxyl groups excluding tert-OH is 1. The van der Waals surface area contributed by atoms with Crippen LogP contribution in [0.15, 0.2) is 36.7 Å². The lowest BCUT2D eigenvalue weighted by atomic mass is 9.97. The first kappa shape index (κ1) is 16.0. The molecule has 2 heterocycles. The van der Waals surface area contributed by atoms with Crippen LogP contribution < -0.4 is 4.74 Å². The highest BCUT2D eigenvalue weighted by Gasteiger charge is 2.24. The van der Waals surface area contributed by atoms with Gasteiger partial charge in [-0.15, -0.1) is 0 Å². The molecule has 0 amide bonds. The predicted molar refractivity (Wildman–Crippen MR) is 89.7 cm³/mol. The molecule has 2 aromatic rings. The number of rotatable bonds is 6. The fraction of sp³-hybridized carbons (Fsp3) is 0.500. The van der Waals surface area contributed by atoms with Gasteiger partial charge in [-0.3, -0.25) is 4.90 Å². The average Bonchev–Trinajstić information content (AvgIpc) is 3.08. The van der Waals surface area contributed by atoms with Crippen molar-refractivity contribution in [3.05, 3.63) is 48.0 Å². The van der Waals surface area contributed by atoms with Gasteiger partial charge in [0.05, 0.1) is 0 Å². The van der Waals surface area contributed by atoms with Crippen LogP contribution in [0.3, 0.4) is 0 Å². The van der Waals surface area contributed by atoms with Gasteiger partial charge in [-0.2, -0.15) is 0 Å². The first-order chi connectivity index (χ1) is 11.2. The number of H-pyrrole nitrogens is 1. The largest absolute Gasteiger partial charge is 0.491 e. The number of benzene rings is 1. The van der Waals surface area contributed by atoms with Gasteiger partial charge in [0.1, 0.15) is 24.3 Å². The molecule has 0 bridgehead atoms. The second kappa shape index (κ2) is 7.62. The Bertz CT molecular complexity index is 600. The lowest BCUT2D eigenvalue weighted by molar-refractivity contribution is 0.0578. The van der Waals surface area contributed by atoms with Gasteiger partial charge in [-0.25, -0.2) is 4.98 Å². The zero-order valence-corrected chi connectivity index (χ0v) is 13.6. The third-order valence-electron chi connectivity index (χ3n) is 4.31. The summed E-state index contributed by atoms with van der Waals surface area (Å²) in [6.07, 6.45) is 5.49. The number of aryl methyl sites for hydroxylation is 1. The third kappa shape index (κ3) is 4.56. The summed E-state index contributed by atoms with van der Waals surface area (Å²) in [5.41, 5.74) is 1.16. The Morgan fingerprint density at radius 3 is 3.17 bits per heavy atom. The number of β-amino-alcohol motifs (C(OH)–C–C–N with tert-alkyl or cyclic N) is 1. The number of aromatic nitrogens is 2. The quantitative estimate of drug-likeness (QED) is 0.859. The van der Waals surface area contributed by atoms with Crippen LogP contribution in [0.25, 0.3) is 0 Å². The van der Waals surface area contributed by atoms with Crippen LogP contribution in [0.5, 0.6) is 5.75 Å². The highest BCUT2D eigenvalue weighted by molar-refractivity contribution is 5.27. The average molecular weight is 315 g/mol. The molecule has 1 fully saturated rings. The molecule has 1 aromatic heterocycles. The molecule has 3 rings (SSSR count). The fourth-order valence-corrected chi connectivity index (χ4v) is 3.19. The highest BCUT2D eigenvalue weighted by atomic mass is 16.5. The van der Waals surface area contributed by atoms with Crippen LogP contribution in [0.2, 0.25) is 0 Å². The number of nitrogens with zero attached hydrogens (tertiary/aromatic N) is 2. The molecule has 1 aliphatic heterocycles. The van der Waals surface area contributed by atoms with Gasteiger partial charge >= 0.3 is 0 Å².